The summed E-state index contributed by atoms with van der Waals surface area (Å²) in [6.45, 7) is 4.72. The first kappa shape index (κ1) is 17.5. The van der Waals surface area contributed by atoms with Crippen LogP contribution in [0.15, 0.2) is 42.5 Å². The van der Waals surface area contributed by atoms with Crippen molar-refractivity contribution >= 4 is 16.7 Å². The maximum absolute atomic E-state index is 5.30. The van der Waals surface area contributed by atoms with Crippen LogP contribution in [0.2, 0.25) is 0 Å². The van der Waals surface area contributed by atoms with E-state index in [1.54, 1.807) is 0 Å². The quantitative estimate of drug-likeness (QED) is 0.728. The fraction of sp³-hybridized carbons (Fsp3) is 0.480. The molecule has 2 fully saturated rings. The molecule has 0 bridgehead atoms. The first-order valence-electron chi connectivity index (χ1n) is 11.1. The standard InChI is InChI=1S/C25H30N4/c1-17-8-9-20-21(28(17)2)10-11-22-24(20)27-23(12-18-6-4-3-5-7-18)29(22)19-13-25(14-19)15-26-16-25/h3-7,10-11,17,19,26H,8-9,12-16H2,1-2H3. The summed E-state index contributed by atoms with van der Waals surface area (Å²) in [5.41, 5.74) is 7.35. The van der Waals surface area contributed by atoms with Gasteiger partial charge in [0.15, 0.2) is 0 Å². The highest BCUT2D eigenvalue weighted by molar-refractivity contribution is 5.86. The average Bonchev–Trinajstić information content (AvgIpc) is 3.01. The van der Waals surface area contributed by atoms with Crippen molar-refractivity contribution in [1.29, 1.82) is 0 Å². The fourth-order valence-corrected chi connectivity index (χ4v) is 5.82. The van der Waals surface area contributed by atoms with E-state index < -0.39 is 0 Å². The molecular formula is C25H30N4. The Bertz CT molecular complexity index is 1060. The molecule has 4 nitrogen and oxygen atoms in total. The number of hydrogen-bond acceptors (Lipinski definition) is 3. The number of imidazole rings is 1. The van der Waals surface area contributed by atoms with Crippen LogP contribution in [0.25, 0.3) is 11.0 Å². The molecule has 2 aromatic carbocycles. The summed E-state index contributed by atoms with van der Waals surface area (Å²) in [4.78, 5) is 7.73. The molecule has 1 atom stereocenters. The number of hydrogen-bond donors (Lipinski definition) is 1. The van der Waals surface area contributed by atoms with Crippen molar-refractivity contribution in [1.82, 2.24) is 14.9 Å². The summed E-state index contributed by atoms with van der Waals surface area (Å²) in [6.07, 6.45) is 5.85. The molecule has 29 heavy (non-hydrogen) atoms. The summed E-state index contributed by atoms with van der Waals surface area (Å²) < 4.78 is 2.60. The van der Waals surface area contributed by atoms with E-state index in [4.69, 9.17) is 4.98 Å². The van der Waals surface area contributed by atoms with Crippen LogP contribution in [-0.4, -0.2) is 35.7 Å². The minimum absolute atomic E-state index is 0.565. The first-order valence-corrected chi connectivity index (χ1v) is 11.1. The third-order valence-electron chi connectivity index (χ3n) is 7.78. The highest BCUT2D eigenvalue weighted by atomic mass is 15.2. The van der Waals surface area contributed by atoms with Crippen molar-refractivity contribution in [2.75, 3.05) is 25.0 Å². The summed E-state index contributed by atoms with van der Waals surface area (Å²) in [5, 5.41) is 3.48. The molecule has 1 aliphatic carbocycles. The molecule has 1 aromatic heterocycles. The largest absolute Gasteiger partial charge is 0.372 e. The van der Waals surface area contributed by atoms with Crippen molar-refractivity contribution in [2.45, 2.75) is 51.1 Å². The Hall–Kier alpha value is -2.33. The van der Waals surface area contributed by atoms with Gasteiger partial charge in [0.2, 0.25) is 0 Å². The number of anilines is 1. The van der Waals surface area contributed by atoms with E-state index in [1.807, 2.05) is 0 Å². The van der Waals surface area contributed by atoms with E-state index in [2.05, 4.69) is 71.2 Å². The first-order chi connectivity index (χ1) is 14.1. The molecule has 1 N–H and O–H groups in total. The predicted molar refractivity (Wildman–Crippen MR) is 119 cm³/mol. The maximum atomic E-state index is 5.30. The molecule has 3 aromatic rings. The van der Waals surface area contributed by atoms with Gasteiger partial charge in [-0.1, -0.05) is 30.3 Å². The highest BCUT2D eigenvalue weighted by Gasteiger charge is 2.49. The van der Waals surface area contributed by atoms with Crippen LogP contribution in [0.1, 0.15) is 49.2 Å². The van der Waals surface area contributed by atoms with Gasteiger partial charge in [-0.2, -0.15) is 0 Å². The molecule has 2 aliphatic heterocycles. The third-order valence-corrected chi connectivity index (χ3v) is 7.78. The molecule has 1 saturated carbocycles. The fourth-order valence-electron chi connectivity index (χ4n) is 5.82. The Morgan fingerprint density at radius 3 is 2.62 bits per heavy atom. The number of nitrogens with zero attached hydrogens (tertiary/aromatic N) is 3. The van der Waals surface area contributed by atoms with Crippen molar-refractivity contribution < 1.29 is 0 Å². The second kappa shape index (κ2) is 6.33. The molecule has 0 amide bonds. The number of rotatable bonds is 3. The maximum Gasteiger partial charge on any atom is 0.114 e. The van der Waals surface area contributed by atoms with Gasteiger partial charge in [0.25, 0.3) is 0 Å². The molecule has 1 saturated heterocycles. The van der Waals surface area contributed by atoms with Crippen molar-refractivity contribution in [3.63, 3.8) is 0 Å². The molecule has 3 aliphatic rings. The highest BCUT2D eigenvalue weighted by Crippen LogP contribution is 2.52. The Balaban J connectivity index is 1.47. The molecule has 150 valence electrons. The van der Waals surface area contributed by atoms with Gasteiger partial charge >= 0.3 is 0 Å². The van der Waals surface area contributed by atoms with E-state index >= 15 is 0 Å². The van der Waals surface area contributed by atoms with E-state index in [1.165, 1.54) is 66.0 Å². The minimum Gasteiger partial charge on any atom is -0.372 e. The molecule has 3 heterocycles. The lowest BCUT2D eigenvalue weighted by Crippen LogP contribution is -2.60. The van der Waals surface area contributed by atoms with E-state index in [0.717, 1.165) is 12.8 Å². The summed E-state index contributed by atoms with van der Waals surface area (Å²) >= 11 is 0. The smallest absolute Gasteiger partial charge is 0.114 e. The van der Waals surface area contributed by atoms with Gasteiger partial charge in [-0.15, -0.1) is 0 Å². The van der Waals surface area contributed by atoms with Gasteiger partial charge in [-0.3, -0.25) is 0 Å². The minimum atomic E-state index is 0.565. The predicted octanol–water partition coefficient (Wildman–Crippen LogP) is 4.32. The van der Waals surface area contributed by atoms with Crippen LogP contribution < -0.4 is 10.2 Å². The number of nitrogens with one attached hydrogen (secondary N) is 1. The Labute approximate surface area is 172 Å². The molecule has 6 rings (SSSR count). The van der Waals surface area contributed by atoms with Gasteiger partial charge in [0, 0.05) is 49.9 Å². The summed E-state index contributed by atoms with van der Waals surface area (Å²) in [5.74, 6) is 1.24. The van der Waals surface area contributed by atoms with Crippen LogP contribution in [-0.2, 0) is 12.8 Å². The van der Waals surface area contributed by atoms with Crippen molar-refractivity contribution in [2.24, 2.45) is 5.41 Å². The number of aromatic nitrogens is 2. The van der Waals surface area contributed by atoms with E-state index in [0.29, 0.717) is 17.5 Å². The second-order valence-corrected chi connectivity index (χ2v) is 9.66. The van der Waals surface area contributed by atoms with Crippen LogP contribution in [0, 0.1) is 5.41 Å². The van der Waals surface area contributed by atoms with Gasteiger partial charge in [-0.05, 0) is 55.7 Å². The lowest BCUT2D eigenvalue weighted by molar-refractivity contribution is 0.00822. The monoisotopic (exact) mass is 386 g/mol. The number of aryl methyl sites for hydroxylation is 1. The molecular weight excluding hydrogens is 356 g/mol. The third kappa shape index (κ3) is 2.65. The Morgan fingerprint density at radius 2 is 1.90 bits per heavy atom. The van der Waals surface area contributed by atoms with Crippen LogP contribution >= 0.6 is 0 Å². The average molecular weight is 387 g/mol. The van der Waals surface area contributed by atoms with Crippen LogP contribution in [0.3, 0.4) is 0 Å². The lowest BCUT2D eigenvalue weighted by atomic mass is 9.61. The molecule has 1 unspecified atom stereocenters. The topological polar surface area (TPSA) is 33.1 Å². The Morgan fingerprint density at radius 1 is 1.10 bits per heavy atom. The Kier molecular flexibility index (Phi) is 3.83. The second-order valence-electron chi connectivity index (χ2n) is 9.66. The lowest BCUT2D eigenvalue weighted by Gasteiger charge is -2.55. The zero-order valence-corrected chi connectivity index (χ0v) is 17.5. The SMILES string of the molecule is CC1CCc2c(ccc3c2nc(Cc2ccccc2)n3C2CC3(CNC3)C2)N1C. The molecule has 4 heteroatoms. The number of benzene rings is 2. The number of fused-ring (bicyclic) bond motifs is 3. The van der Waals surface area contributed by atoms with Gasteiger partial charge in [0.05, 0.1) is 11.0 Å². The summed E-state index contributed by atoms with van der Waals surface area (Å²) in [7, 11) is 2.23. The van der Waals surface area contributed by atoms with Gasteiger partial charge < -0.3 is 14.8 Å². The zero-order chi connectivity index (χ0) is 19.6. The van der Waals surface area contributed by atoms with E-state index in [-0.39, 0.29) is 0 Å². The van der Waals surface area contributed by atoms with Crippen LogP contribution in [0.5, 0.6) is 0 Å². The normalized spacial score (nSPS) is 23.1. The van der Waals surface area contributed by atoms with Crippen LogP contribution in [0.4, 0.5) is 5.69 Å². The van der Waals surface area contributed by atoms with Crippen molar-refractivity contribution in [3.05, 3.63) is 59.4 Å². The van der Waals surface area contributed by atoms with Gasteiger partial charge in [0.1, 0.15) is 5.82 Å². The molecule has 0 radical (unpaired) electrons. The van der Waals surface area contributed by atoms with E-state index in [9.17, 15) is 0 Å². The molecule has 1 spiro atoms. The van der Waals surface area contributed by atoms with Crippen molar-refractivity contribution in [3.8, 4) is 0 Å². The summed E-state index contributed by atoms with van der Waals surface area (Å²) in [6, 6.07) is 16.7. The zero-order valence-electron chi connectivity index (χ0n) is 17.5. The van der Waals surface area contributed by atoms with Gasteiger partial charge in [-0.25, -0.2) is 4.98 Å².